The van der Waals surface area contributed by atoms with Crippen molar-refractivity contribution in [2.45, 2.75) is 26.9 Å². The summed E-state index contributed by atoms with van der Waals surface area (Å²) in [6.07, 6.45) is 1.22. The zero-order valence-electron chi connectivity index (χ0n) is 9.01. The molecular formula is C12H14ClFO. The van der Waals surface area contributed by atoms with Crippen LogP contribution in [-0.2, 0) is 0 Å². The number of benzene rings is 1. The van der Waals surface area contributed by atoms with Crippen molar-refractivity contribution in [2.24, 2.45) is 0 Å². The minimum absolute atomic E-state index is 0.0793. The molecule has 1 atom stereocenters. The Balaban J connectivity index is 3.31. The number of rotatable bonds is 2. The second-order valence-corrected chi connectivity index (χ2v) is 3.91. The van der Waals surface area contributed by atoms with Gasteiger partial charge in [0.05, 0.1) is 11.1 Å². The van der Waals surface area contributed by atoms with Crippen LogP contribution < -0.4 is 0 Å². The van der Waals surface area contributed by atoms with Crippen LogP contribution in [0.1, 0.15) is 25.0 Å². The van der Waals surface area contributed by atoms with Gasteiger partial charge in [0.2, 0.25) is 0 Å². The third kappa shape index (κ3) is 2.58. The highest BCUT2D eigenvalue weighted by Gasteiger charge is 2.12. The number of hydrogen-bond acceptors (Lipinski definition) is 1. The maximum Gasteiger partial charge on any atom is 0.142 e. The molecule has 0 bridgehead atoms. The topological polar surface area (TPSA) is 20.2 Å². The predicted molar refractivity (Wildman–Crippen MR) is 61.5 cm³/mol. The molecule has 82 valence electrons. The number of hydrogen-bond donors (Lipinski definition) is 1. The van der Waals surface area contributed by atoms with Gasteiger partial charge in [-0.1, -0.05) is 17.7 Å². The molecule has 0 fully saturated rings. The third-order valence-electron chi connectivity index (χ3n) is 2.34. The SMILES string of the molecule is CC=C(c1cc(Cl)c(F)cc1C)C(C)O. The van der Waals surface area contributed by atoms with E-state index in [1.165, 1.54) is 6.07 Å². The van der Waals surface area contributed by atoms with Crippen LogP contribution in [0.2, 0.25) is 5.02 Å². The Morgan fingerprint density at radius 1 is 1.53 bits per heavy atom. The Morgan fingerprint density at radius 3 is 2.60 bits per heavy atom. The fourth-order valence-corrected chi connectivity index (χ4v) is 1.74. The molecule has 0 heterocycles. The minimum Gasteiger partial charge on any atom is -0.389 e. The van der Waals surface area contributed by atoms with Gasteiger partial charge in [0, 0.05) is 0 Å². The van der Waals surface area contributed by atoms with Gasteiger partial charge in [-0.2, -0.15) is 0 Å². The van der Waals surface area contributed by atoms with Crippen molar-refractivity contribution in [3.8, 4) is 0 Å². The summed E-state index contributed by atoms with van der Waals surface area (Å²) in [4.78, 5) is 0. The first-order chi connectivity index (χ1) is 6.97. The Morgan fingerprint density at radius 2 is 2.13 bits per heavy atom. The zero-order chi connectivity index (χ0) is 11.6. The Labute approximate surface area is 94.2 Å². The number of allylic oxidation sites excluding steroid dienone is 1. The maximum atomic E-state index is 13.1. The van der Waals surface area contributed by atoms with Gasteiger partial charge >= 0.3 is 0 Å². The highest BCUT2D eigenvalue weighted by molar-refractivity contribution is 6.30. The second-order valence-electron chi connectivity index (χ2n) is 3.50. The van der Waals surface area contributed by atoms with E-state index in [0.29, 0.717) is 0 Å². The van der Waals surface area contributed by atoms with Crippen LogP contribution in [0.3, 0.4) is 0 Å². The molecule has 0 saturated heterocycles. The first kappa shape index (κ1) is 12.2. The molecule has 1 nitrogen and oxygen atoms in total. The van der Waals surface area contributed by atoms with Gasteiger partial charge < -0.3 is 5.11 Å². The van der Waals surface area contributed by atoms with Gasteiger partial charge in [-0.3, -0.25) is 0 Å². The van der Waals surface area contributed by atoms with Crippen molar-refractivity contribution >= 4 is 17.2 Å². The number of aliphatic hydroxyl groups excluding tert-OH is 1. The quantitative estimate of drug-likeness (QED) is 0.821. The van der Waals surface area contributed by atoms with Crippen molar-refractivity contribution in [2.75, 3.05) is 0 Å². The molecule has 0 radical (unpaired) electrons. The van der Waals surface area contributed by atoms with Gasteiger partial charge in [0.25, 0.3) is 0 Å². The second kappa shape index (κ2) is 4.77. The van der Waals surface area contributed by atoms with E-state index in [2.05, 4.69) is 0 Å². The van der Waals surface area contributed by atoms with E-state index >= 15 is 0 Å². The molecule has 15 heavy (non-hydrogen) atoms. The van der Waals surface area contributed by atoms with E-state index in [-0.39, 0.29) is 5.02 Å². The summed E-state index contributed by atoms with van der Waals surface area (Å²) in [5.74, 6) is -0.432. The molecule has 1 aromatic rings. The first-order valence-electron chi connectivity index (χ1n) is 4.77. The molecule has 1 unspecified atom stereocenters. The molecule has 0 saturated carbocycles. The van der Waals surface area contributed by atoms with Gasteiger partial charge in [0.15, 0.2) is 0 Å². The van der Waals surface area contributed by atoms with Gasteiger partial charge in [-0.15, -0.1) is 0 Å². The Hall–Kier alpha value is -0.860. The molecule has 0 aliphatic heterocycles. The van der Waals surface area contributed by atoms with E-state index in [9.17, 15) is 9.50 Å². The largest absolute Gasteiger partial charge is 0.389 e. The highest BCUT2D eigenvalue weighted by atomic mass is 35.5. The fraction of sp³-hybridized carbons (Fsp3) is 0.333. The van der Waals surface area contributed by atoms with E-state index < -0.39 is 11.9 Å². The molecule has 0 aromatic heterocycles. The van der Waals surface area contributed by atoms with Crippen LogP contribution in [0.25, 0.3) is 5.57 Å². The molecule has 0 aliphatic rings. The van der Waals surface area contributed by atoms with Crippen molar-refractivity contribution in [1.82, 2.24) is 0 Å². The van der Waals surface area contributed by atoms with Crippen LogP contribution >= 0.6 is 11.6 Å². The average molecular weight is 229 g/mol. The smallest absolute Gasteiger partial charge is 0.142 e. The number of aliphatic hydroxyl groups is 1. The standard InChI is InChI=1S/C12H14ClFO/c1-4-9(8(3)15)10-6-11(13)12(14)5-7(10)2/h4-6,8,15H,1-3H3. The van der Waals surface area contributed by atoms with Gasteiger partial charge in [-0.05, 0) is 49.6 Å². The molecule has 0 spiro atoms. The Kier molecular flexibility index (Phi) is 3.89. The zero-order valence-corrected chi connectivity index (χ0v) is 9.77. The number of halogens is 2. The van der Waals surface area contributed by atoms with Crippen molar-refractivity contribution in [3.05, 3.63) is 40.2 Å². The molecule has 1 aromatic carbocycles. The third-order valence-corrected chi connectivity index (χ3v) is 2.63. The lowest BCUT2D eigenvalue weighted by molar-refractivity contribution is 0.253. The molecule has 3 heteroatoms. The molecule has 1 rings (SSSR count). The minimum atomic E-state index is -0.588. The monoisotopic (exact) mass is 228 g/mol. The Bertz CT molecular complexity index is 397. The molecular weight excluding hydrogens is 215 g/mol. The molecule has 1 N–H and O–H groups in total. The summed E-state index contributed by atoms with van der Waals surface area (Å²) < 4.78 is 13.1. The summed E-state index contributed by atoms with van der Waals surface area (Å²) in [5.41, 5.74) is 2.32. The lowest BCUT2D eigenvalue weighted by Gasteiger charge is -2.13. The van der Waals surface area contributed by atoms with E-state index in [4.69, 9.17) is 11.6 Å². The van der Waals surface area contributed by atoms with Crippen LogP contribution in [0.5, 0.6) is 0 Å². The van der Waals surface area contributed by atoms with Crippen LogP contribution in [-0.4, -0.2) is 11.2 Å². The number of aryl methyl sites for hydroxylation is 1. The lowest BCUT2D eigenvalue weighted by Crippen LogP contribution is -2.05. The fourth-order valence-electron chi connectivity index (χ4n) is 1.58. The lowest BCUT2D eigenvalue weighted by atomic mass is 9.97. The summed E-state index contributed by atoms with van der Waals surface area (Å²) in [7, 11) is 0. The van der Waals surface area contributed by atoms with Crippen molar-refractivity contribution in [3.63, 3.8) is 0 Å². The van der Waals surface area contributed by atoms with Gasteiger partial charge in [0.1, 0.15) is 5.82 Å². The molecule has 0 aliphatic carbocycles. The predicted octanol–water partition coefficient (Wildman–Crippen LogP) is 3.57. The average Bonchev–Trinajstić information content (AvgIpc) is 2.14. The normalized spacial score (nSPS) is 14.1. The van der Waals surface area contributed by atoms with Crippen LogP contribution in [0.15, 0.2) is 18.2 Å². The molecule has 0 amide bonds. The summed E-state index contributed by atoms with van der Waals surface area (Å²) in [5, 5.41) is 9.62. The van der Waals surface area contributed by atoms with Crippen molar-refractivity contribution < 1.29 is 9.50 Å². The van der Waals surface area contributed by atoms with E-state index in [1.807, 2.05) is 6.92 Å². The summed E-state index contributed by atoms with van der Waals surface area (Å²) in [6, 6.07) is 2.93. The summed E-state index contributed by atoms with van der Waals surface area (Å²) in [6.45, 7) is 5.30. The van der Waals surface area contributed by atoms with Crippen LogP contribution in [0, 0.1) is 12.7 Å². The maximum absolute atomic E-state index is 13.1. The highest BCUT2D eigenvalue weighted by Crippen LogP contribution is 2.27. The van der Waals surface area contributed by atoms with Crippen molar-refractivity contribution in [1.29, 1.82) is 0 Å². The summed E-state index contributed by atoms with van der Waals surface area (Å²) >= 11 is 5.71. The van der Waals surface area contributed by atoms with Crippen LogP contribution in [0.4, 0.5) is 4.39 Å². The van der Waals surface area contributed by atoms with Gasteiger partial charge in [-0.25, -0.2) is 4.39 Å². The van der Waals surface area contributed by atoms with E-state index in [0.717, 1.165) is 16.7 Å². The van der Waals surface area contributed by atoms with E-state index in [1.54, 1.807) is 26.0 Å². The first-order valence-corrected chi connectivity index (χ1v) is 5.15.